The van der Waals surface area contributed by atoms with E-state index in [4.69, 9.17) is 0 Å². The number of rotatable bonds is 1. The smallest absolute Gasteiger partial charge is 0.123 e. The lowest BCUT2D eigenvalue weighted by atomic mass is 9.97. The van der Waals surface area contributed by atoms with Crippen LogP contribution in [0.1, 0.15) is 18.5 Å². The predicted molar refractivity (Wildman–Crippen MR) is 59.2 cm³/mol. The highest BCUT2D eigenvalue weighted by molar-refractivity contribution is 5.22. The number of nitrogens with one attached hydrogen (secondary N) is 1. The summed E-state index contributed by atoms with van der Waals surface area (Å²) in [6, 6.07) is 7.57. The van der Waals surface area contributed by atoms with Crippen molar-refractivity contribution >= 4 is 0 Å². The zero-order chi connectivity index (χ0) is 10.8. The van der Waals surface area contributed by atoms with Crippen molar-refractivity contribution in [1.82, 2.24) is 10.2 Å². The van der Waals surface area contributed by atoms with E-state index in [-0.39, 0.29) is 5.82 Å². The minimum Gasteiger partial charge on any atom is -0.311 e. The summed E-state index contributed by atoms with van der Waals surface area (Å²) in [4.78, 5) is 2.31. The van der Waals surface area contributed by atoms with E-state index < -0.39 is 0 Å². The van der Waals surface area contributed by atoms with Crippen molar-refractivity contribution in [3.05, 3.63) is 35.6 Å². The zero-order valence-corrected chi connectivity index (χ0v) is 9.20. The van der Waals surface area contributed by atoms with Crippen molar-refractivity contribution in [1.29, 1.82) is 0 Å². The van der Waals surface area contributed by atoms with Gasteiger partial charge in [-0.15, -0.1) is 0 Å². The van der Waals surface area contributed by atoms with Crippen molar-refractivity contribution in [3.8, 4) is 0 Å². The number of likely N-dealkylation sites (N-methyl/N-ethyl adjacent to an activating group) is 1. The van der Waals surface area contributed by atoms with Crippen LogP contribution in [0.25, 0.3) is 0 Å². The minimum atomic E-state index is -0.169. The van der Waals surface area contributed by atoms with Crippen LogP contribution in [0.3, 0.4) is 0 Å². The monoisotopic (exact) mass is 208 g/mol. The molecule has 1 fully saturated rings. The fraction of sp³-hybridized carbons (Fsp3) is 0.500. The molecule has 0 amide bonds. The first-order chi connectivity index (χ1) is 7.18. The van der Waals surface area contributed by atoms with Gasteiger partial charge in [0.1, 0.15) is 5.82 Å². The molecule has 2 atom stereocenters. The van der Waals surface area contributed by atoms with E-state index in [1.807, 2.05) is 12.1 Å². The first-order valence-electron chi connectivity index (χ1n) is 5.37. The van der Waals surface area contributed by atoms with Gasteiger partial charge in [0.05, 0.1) is 0 Å². The highest BCUT2D eigenvalue weighted by Gasteiger charge is 2.26. The van der Waals surface area contributed by atoms with Crippen LogP contribution in [-0.4, -0.2) is 31.1 Å². The van der Waals surface area contributed by atoms with Crippen LogP contribution < -0.4 is 5.32 Å². The predicted octanol–water partition coefficient (Wildman–Crippen LogP) is 1.79. The van der Waals surface area contributed by atoms with Crippen LogP contribution in [0.15, 0.2) is 24.3 Å². The number of piperazine rings is 1. The van der Waals surface area contributed by atoms with E-state index in [1.54, 1.807) is 0 Å². The van der Waals surface area contributed by atoms with Crippen molar-refractivity contribution in [3.63, 3.8) is 0 Å². The summed E-state index contributed by atoms with van der Waals surface area (Å²) >= 11 is 0. The molecule has 1 aliphatic rings. The lowest BCUT2D eigenvalue weighted by Crippen LogP contribution is -2.49. The molecular weight excluding hydrogens is 191 g/mol. The summed E-state index contributed by atoms with van der Waals surface area (Å²) < 4.78 is 12.8. The van der Waals surface area contributed by atoms with Gasteiger partial charge >= 0.3 is 0 Å². The molecule has 0 aromatic heterocycles. The highest BCUT2D eigenvalue weighted by atomic mass is 19.1. The molecule has 2 nitrogen and oxygen atoms in total. The van der Waals surface area contributed by atoms with Gasteiger partial charge in [0, 0.05) is 25.2 Å². The van der Waals surface area contributed by atoms with Gasteiger partial charge in [-0.2, -0.15) is 0 Å². The van der Waals surface area contributed by atoms with Crippen LogP contribution >= 0.6 is 0 Å². The molecule has 1 heterocycles. The second-order valence-corrected chi connectivity index (χ2v) is 4.22. The van der Waals surface area contributed by atoms with E-state index in [2.05, 4.69) is 24.2 Å². The van der Waals surface area contributed by atoms with Gasteiger partial charge in [-0.3, -0.25) is 4.90 Å². The molecule has 1 aromatic rings. The number of hydrogen-bond donors (Lipinski definition) is 1. The van der Waals surface area contributed by atoms with Gasteiger partial charge in [-0.25, -0.2) is 4.39 Å². The Morgan fingerprint density at radius 1 is 1.33 bits per heavy atom. The molecule has 0 spiro atoms. The maximum absolute atomic E-state index is 12.8. The highest BCUT2D eigenvalue weighted by Crippen LogP contribution is 2.25. The van der Waals surface area contributed by atoms with Crippen LogP contribution in [0.2, 0.25) is 0 Å². The normalized spacial score (nSPS) is 27.9. The van der Waals surface area contributed by atoms with Crippen LogP contribution in [0, 0.1) is 5.82 Å². The van der Waals surface area contributed by atoms with Crippen LogP contribution in [0.4, 0.5) is 4.39 Å². The molecule has 1 aromatic carbocycles. The standard InChI is InChI=1S/C12H17FN2/c1-9-12(15(2)8-7-14-9)10-3-5-11(13)6-4-10/h3-6,9,12,14H,7-8H2,1-2H3. The molecule has 1 saturated heterocycles. The molecule has 1 aliphatic heterocycles. The zero-order valence-electron chi connectivity index (χ0n) is 9.20. The quantitative estimate of drug-likeness (QED) is 0.757. The lowest BCUT2D eigenvalue weighted by molar-refractivity contribution is 0.159. The third-order valence-corrected chi connectivity index (χ3v) is 3.09. The minimum absolute atomic E-state index is 0.169. The van der Waals surface area contributed by atoms with Gasteiger partial charge in [-0.05, 0) is 31.7 Å². The van der Waals surface area contributed by atoms with Gasteiger partial charge < -0.3 is 5.32 Å². The Morgan fingerprint density at radius 3 is 2.60 bits per heavy atom. The topological polar surface area (TPSA) is 15.3 Å². The second kappa shape index (κ2) is 4.29. The first-order valence-corrected chi connectivity index (χ1v) is 5.37. The Bertz CT molecular complexity index is 313. The molecular formula is C12H17FN2. The summed E-state index contributed by atoms with van der Waals surface area (Å²) in [6.45, 7) is 4.23. The fourth-order valence-electron chi connectivity index (χ4n) is 2.30. The Kier molecular flexibility index (Phi) is 3.03. The molecule has 0 radical (unpaired) electrons. The average molecular weight is 208 g/mol. The SMILES string of the molecule is CC1NCCN(C)C1c1ccc(F)cc1. The second-order valence-electron chi connectivity index (χ2n) is 4.22. The van der Waals surface area contributed by atoms with Crippen LogP contribution in [-0.2, 0) is 0 Å². The fourth-order valence-corrected chi connectivity index (χ4v) is 2.30. The summed E-state index contributed by atoms with van der Waals surface area (Å²) in [7, 11) is 2.12. The summed E-state index contributed by atoms with van der Waals surface area (Å²) in [6.07, 6.45) is 0. The third kappa shape index (κ3) is 2.19. The van der Waals surface area contributed by atoms with Gasteiger partial charge in [0.2, 0.25) is 0 Å². The maximum Gasteiger partial charge on any atom is 0.123 e. The van der Waals surface area contributed by atoms with Crippen molar-refractivity contribution < 1.29 is 4.39 Å². The number of hydrogen-bond acceptors (Lipinski definition) is 2. The Hall–Kier alpha value is -0.930. The largest absolute Gasteiger partial charge is 0.311 e. The maximum atomic E-state index is 12.8. The van der Waals surface area contributed by atoms with Crippen molar-refractivity contribution in [2.75, 3.05) is 20.1 Å². The molecule has 82 valence electrons. The van der Waals surface area contributed by atoms with E-state index >= 15 is 0 Å². The Morgan fingerprint density at radius 2 is 2.00 bits per heavy atom. The number of halogens is 1. The Labute approximate surface area is 90.1 Å². The molecule has 3 heteroatoms. The van der Waals surface area contributed by atoms with E-state index in [0.717, 1.165) is 13.1 Å². The first kappa shape index (κ1) is 10.6. The molecule has 1 N–H and O–H groups in total. The lowest BCUT2D eigenvalue weighted by Gasteiger charge is -2.38. The average Bonchev–Trinajstić information content (AvgIpc) is 2.20. The molecule has 2 rings (SSSR count). The summed E-state index contributed by atoms with van der Waals surface area (Å²) in [5, 5.41) is 3.44. The number of benzene rings is 1. The summed E-state index contributed by atoms with van der Waals surface area (Å²) in [5.41, 5.74) is 1.18. The molecule has 0 aliphatic carbocycles. The van der Waals surface area contributed by atoms with Crippen molar-refractivity contribution in [2.24, 2.45) is 0 Å². The molecule has 0 saturated carbocycles. The van der Waals surface area contributed by atoms with Crippen molar-refractivity contribution in [2.45, 2.75) is 19.0 Å². The van der Waals surface area contributed by atoms with Gasteiger partial charge in [-0.1, -0.05) is 12.1 Å². The van der Waals surface area contributed by atoms with E-state index in [9.17, 15) is 4.39 Å². The molecule has 2 unspecified atom stereocenters. The van der Waals surface area contributed by atoms with E-state index in [1.165, 1.54) is 17.7 Å². The van der Waals surface area contributed by atoms with E-state index in [0.29, 0.717) is 12.1 Å². The molecule has 15 heavy (non-hydrogen) atoms. The number of nitrogens with zero attached hydrogens (tertiary/aromatic N) is 1. The van der Waals surface area contributed by atoms with Crippen LogP contribution in [0.5, 0.6) is 0 Å². The molecule has 0 bridgehead atoms. The van der Waals surface area contributed by atoms with Gasteiger partial charge in [0.25, 0.3) is 0 Å². The summed E-state index contributed by atoms with van der Waals surface area (Å²) in [5.74, 6) is -0.169. The Balaban J connectivity index is 2.23. The van der Waals surface area contributed by atoms with Gasteiger partial charge in [0.15, 0.2) is 0 Å². The third-order valence-electron chi connectivity index (χ3n) is 3.09.